The Morgan fingerprint density at radius 2 is 2.31 bits per heavy atom. The van der Waals surface area contributed by atoms with Crippen LogP contribution >= 0.6 is 22.6 Å². The van der Waals surface area contributed by atoms with Crippen LogP contribution in [0.2, 0.25) is 0 Å². The largest absolute Gasteiger partial charge is 0.493 e. The third-order valence-electron chi connectivity index (χ3n) is 1.48. The van der Waals surface area contributed by atoms with Crippen molar-refractivity contribution in [2.24, 2.45) is 0 Å². The van der Waals surface area contributed by atoms with Crippen molar-refractivity contribution in [1.82, 2.24) is 0 Å². The lowest BCUT2D eigenvalue weighted by Crippen LogP contribution is -1.97. The molecule has 0 bridgehead atoms. The molecule has 0 aliphatic rings. The van der Waals surface area contributed by atoms with Gasteiger partial charge in [0, 0.05) is 6.07 Å². The number of ether oxygens (including phenoxy) is 1. The van der Waals surface area contributed by atoms with Gasteiger partial charge < -0.3 is 4.74 Å². The molecule has 0 aliphatic carbocycles. The van der Waals surface area contributed by atoms with E-state index >= 15 is 0 Å². The molecule has 0 heterocycles. The first kappa shape index (κ1) is 10.4. The normalized spacial score (nSPS) is 9.77. The standard InChI is InChI=1S/C9H8FIO2/c1-2-13-9-4-7(10)6(5-12)3-8(9)11/h3-5H,2H2,1H3. The van der Waals surface area contributed by atoms with Crippen LogP contribution in [0.4, 0.5) is 4.39 Å². The Bertz CT molecular complexity index is 326. The van der Waals surface area contributed by atoms with E-state index in [0.29, 0.717) is 18.6 Å². The SMILES string of the molecule is CCOc1cc(F)c(C=O)cc1I. The van der Waals surface area contributed by atoms with Crippen molar-refractivity contribution in [3.05, 3.63) is 27.1 Å². The molecule has 1 aromatic rings. The Kier molecular flexibility index (Phi) is 3.65. The van der Waals surface area contributed by atoms with Gasteiger partial charge >= 0.3 is 0 Å². The third-order valence-corrected chi connectivity index (χ3v) is 2.32. The number of hydrogen-bond donors (Lipinski definition) is 0. The van der Waals surface area contributed by atoms with Crippen LogP contribution in [0.15, 0.2) is 12.1 Å². The van der Waals surface area contributed by atoms with Gasteiger partial charge in [-0.05, 0) is 35.6 Å². The molecule has 0 atom stereocenters. The molecule has 70 valence electrons. The first-order valence-electron chi connectivity index (χ1n) is 3.76. The summed E-state index contributed by atoms with van der Waals surface area (Å²) in [6, 6.07) is 2.70. The van der Waals surface area contributed by atoms with Crippen LogP contribution in [0.25, 0.3) is 0 Å². The van der Waals surface area contributed by atoms with E-state index in [1.54, 1.807) is 0 Å². The zero-order chi connectivity index (χ0) is 9.84. The smallest absolute Gasteiger partial charge is 0.153 e. The minimum atomic E-state index is -0.543. The molecule has 0 saturated heterocycles. The lowest BCUT2D eigenvalue weighted by atomic mass is 10.2. The highest BCUT2D eigenvalue weighted by molar-refractivity contribution is 14.1. The van der Waals surface area contributed by atoms with Crippen LogP contribution in [0.3, 0.4) is 0 Å². The van der Waals surface area contributed by atoms with Crippen molar-refractivity contribution in [3.8, 4) is 5.75 Å². The number of carbonyl (C=O) groups excluding carboxylic acids is 1. The number of carbonyl (C=O) groups is 1. The van der Waals surface area contributed by atoms with Crippen molar-refractivity contribution >= 4 is 28.9 Å². The van der Waals surface area contributed by atoms with Gasteiger partial charge in [-0.15, -0.1) is 0 Å². The van der Waals surface area contributed by atoms with E-state index in [1.165, 1.54) is 12.1 Å². The number of rotatable bonds is 3. The van der Waals surface area contributed by atoms with Gasteiger partial charge in [0.2, 0.25) is 0 Å². The zero-order valence-electron chi connectivity index (χ0n) is 7.01. The van der Waals surface area contributed by atoms with E-state index in [9.17, 15) is 9.18 Å². The van der Waals surface area contributed by atoms with E-state index in [0.717, 1.165) is 3.57 Å². The summed E-state index contributed by atoms with van der Waals surface area (Å²) in [7, 11) is 0. The molecule has 2 nitrogen and oxygen atoms in total. The molecule has 0 aromatic heterocycles. The fourth-order valence-electron chi connectivity index (χ4n) is 0.900. The molecule has 0 aliphatic heterocycles. The van der Waals surface area contributed by atoms with Crippen LogP contribution in [0, 0.1) is 9.39 Å². The number of aldehydes is 1. The zero-order valence-corrected chi connectivity index (χ0v) is 9.17. The molecular formula is C9H8FIO2. The summed E-state index contributed by atoms with van der Waals surface area (Å²) in [6.07, 6.45) is 0.493. The quantitative estimate of drug-likeness (QED) is 0.633. The molecule has 4 heteroatoms. The second-order valence-electron chi connectivity index (χ2n) is 2.36. The highest BCUT2D eigenvalue weighted by atomic mass is 127. The van der Waals surface area contributed by atoms with Gasteiger partial charge in [-0.25, -0.2) is 4.39 Å². The molecule has 0 unspecified atom stereocenters. The molecule has 13 heavy (non-hydrogen) atoms. The first-order chi connectivity index (χ1) is 6.19. The van der Waals surface area contributed by atoms with Crippen molar-refractivity contribution in [3.63, 3.8) is 0 Å². The molecular weight excluding hydrogens is 286 g/mol. The maximum absolute atomic E-state index is 13.0. The Balaban J connectivity index is 3.12. The predicted octanol–water partition coefficient (Wildman–Crippen LogP) is 2.64. The van der Waals surface area contributed by atoms with Gasteiger partial charge in [0.1, 0.15) is 11.6 Å². The first-order valence-corrected chi connectivity index (χ1v) is 4.84. The average Bonchev–Trinajstić information content (AvgIpc) is 2.11. The van der Waals surface area contributed by atoms with Crippen molar-refractivity contribution in [1.29, 1.82) is 0 Å². The summed E-state index contributed by atoms with van der Waals surface area (Å²) in [5.74, 6) is -0.0648. The van der Waals surface area contributed by atoms with E-state index in [-0.39, 0.29) is 5.56 Å². The molecule has 0 amide bonds. The monoisotopic (exact) mass is 294 g/mol. The highest BCUT2D eigenvalue weighted by Gasteiger charge is 2.07. The predicted molar refractivity (Wildman–Crippen MR) is 55.7 cm³/mol. The fraction of sp³-hybridized carbons (Fsp3) is 0.222. The minimum Gasteiger partial charge on any atom is -0.493 e. The molecule has 0 N–H and O–H groups in total. The van der Waals surface area contributed by atoms with Crippen LogP contribution in [0.5, 0.6) is 5.75 Å². The van der Waals surface area contributed by atoms with Gasteiger partial charge in [-0.2, -0.15) is 0 Å². The van der Waals surface area contributed by atoms with E-state index < -0.39 is 5.82 Å². The fourth-order valence-corrected chi connectivity index (χ4v) is 1.55. The third kappa shape index (κ3) is 2.40. The molecule has 0 spiro atoms. The Labute approximate surface area is 89.2 Å². The van der Waals surface area contributed by atoms with Crippen LogP contribution < -0.4 is 4.74 Å². The Morgan fingerprint density at radius 1 is 1.62 bits per heavy atom. The molecule has 0 saturated carbocycles. The topological polar surface area (TPSA) is 26.3 Å². The average molecular weight is 294 g/mol. The summed E-state index contributed by atoms with van der Waals surface area (Å²) < 4.78 is 18.9. The second kappa shape index (κ2) is 4.55. The van der Waals surface area contributed by atoms with Crippen LogP contribution in [-0.4, -0.2) is 12.9 Å². The maximum atomic E-state index is 13.0. The van der Waals surface area contributed by atoms with Crippen molar-refractivity contribution < 1.29 is 13.9 Å². The minimum absolute atomic E-state index is 0.0628. The molecule has 0 radical (unpaired) electrons. The van der Waals surface area contributed by atoms with Crippen molar-refractivity contribution in [2.45, 2.75) is 6.92 Å². The number of hydrogen-bond acceptors (Lipinski definition) is 2. The van der Waals surface area contributed by atoms with E-state index in [4.69, 9.17) is 4.74 Å². The van der Waals surface area contributed by atoms with E-state index in [1.807, 2.05) is 29.5 Å². The molecule has 1 rings (SSSR count). The maximum Gasteiger partial charge on any atom is 0.153 e. The molecule has 1 aromatic carbocycles. The summed E-state index contributed by atoms with van der Waals surface area (Å²) in [5.41, 5.74) is 0.0628. The summed E-state index contributed by atoms with van der Waals surface area (Å²) >= 11 is 2.00. The molecule has 0 fully saturated rings. The number of benzene rings is 1. The van der Waals surface area contributed by atoms with E-state index in [2.05, 4.69) is 0 Å². The van der Waals surface area contributed by atoms with Crippen molar-refractivity contribution in [2.75, 3.05) is 6.61 Å². The van der Waals surface area contributed by atoms with Gasteiger partial charge in [0.25, 0.3) is 0 Å². The highest BCUT2D eigenvalue weighted by Crippen LogP contribution is 2.23. The summed E-state index contributed by atoms with van der Waals surface area (Å²) in [6.45, 7) is 2.30. The lowest BCUT2D eigenvalue weighted by Gasteiger charge is -2.06. The van der Waals surface area contributed by atoms with Gasteiger partial charge in [-0.3, -0.25) is 4.79 Å². The van der Waals surface area contributed by atoms with Gasteiger partial charge in [0.05, 0.1) is 15.7 Å². The second-order valence-corrected chi connectivity index (χ2v) is 3.52. The summed E-state index contributed by atoms with van der Waals surface area (Å²) in [5, 5.41) is 0. The van der Waals surface area contributed by atoms with Crippen LogP contribution in [0.1, 0.15) is 17.3 Å². The van der Waals surface area contributed by atoms with Gasteiger partial charge in [0.15, 0.2) is 6.29 Å². The summed E-state index contributed by atoms with van der Waals surface area (Å²) in [4.78, 5) is 10.4. The Morgan fingerprint density at radius 3 is 2.85 bits per heavy atom. The Hall–Kier alpha value is -0.650. The van der Waals surface area contributed by atoms with Crippen LogP contribution in [-0.2, 0) is 0 Å². The number of halogens is 2. The van der Waals surface area contributed by atoms with Gasteiger partial charge in [-0.1, -0.05) is 0 Å². The lowest BCUT2D eigenvalue weighted by molar-refractivity contribution is 0.111.